The molecule has 0 aromatic heterocycles. The number of carbonyl (C=O) groups excluding carboxylic acids is 1. The summed E-state index contributed by atoms with van der Waals surface area (Å²) in [7, 11) is 0. The molecule has 3 nitrogen and oxygen atoms in total. The van der Waals surface area contributed by atoms with Crippen LogP contribution in [0.15, 0.2) is 18.2 Å². The Morgan fingerprint density at radius 3 is 3.22 bits per heavy atom. The van der Waals surface area contributed by atoms with Gasteiger partial charge in [0.1, 0.15) is 0 Å². The largest absolute Gasteiger partial charge is 0.384 e. The van der Waals surface area contributed by atoms with Crippen LogP contribution in [0.1, 0.15) is 41.6 Å². The molecule has 1 unspecified atom stereocenters. The van der Waals surface area contributed by atoms with Crippen molar-refractivity contribution < 1.29 is 9.53 Å². The second-order valence-corrected chi connectivity index (χ2v) is 5.15. The molecule has 2 aliphatic heterocycles. The van der Waals surface area contributed by atoms with Gasteiger partial charge in [-0.3, -0.25) is 4.79 Å². The van der Waals surface area contributed by atoms with Gasteiger partial charge in [0.15, 0.2) is 5.78 Å². The van der Waals surface area contributed by atoms with Gasteiger partial charge in [0.2, 0.25) is 0 Å². The molecule has 96 valence electrons. The van der Waals surface area contributed by atoms with Gasteiger partial charge in [-0.2, -0.15) is 0 Å². The van der Waals surface area contributed by atoms with E-state index in [9.17, 15) is 4.79 Å². The van der Waals surface area contributed by atoms with Crippen molar-refractivity contribution in [2.75, 3.05) is 18.5 Å². The summed E-state index contributed by atoms with van der Waals surface area (Å²) < 4.78 is 5.55. The first kappa shape index (κ1) is 11.7. The third kappa shape index (κ3) is 2.41. The highest BCUT2D eigenvalue weighted by Crippen LogP contribution is 2.24. The van der Waals surface area contributed by atoms with Gasteiger partial charge in [-0.1, -0.05) is 12.1 Å². The molecule has 0 amide bonds. The molecular weight excluding hydrogens is 226 g/mol. The van der Waals surface area contributed by atoms with Crippen molar-refractivity contribution in [1.82, 2.24) is 0 Å². The fourth-order valence-electron chi connectivity index (χ4n) is 2.77. The number of benzene rings is 1. The molecule has 1 aromatic rings. The van der Waals surface area contributed by atoms with Crippen LogP contribution in [0.2, 0.25) is 0 Å². The summed E-state index contributed by atoms with van der Waals surface area (Å²) in [6.07, 6.45) is 5.09. The van der Waals surface area contributed by atoms with Crippen molar-refractivity contribution in [2.24, 2.45) is 0 Å². The van der Waals surface area contributed by atoms with Crippen LogP contribution in [0.4, 0.5) is 5.69 Å². The number of fused-ring (bicyclic) bond motifs is 1. The quantitative estimate of drug-likeness (QED) is 0.829. The minimum absolute atomic E-state index is 0.238. The van der Waals surface area contributed by atoms with Gasteiger partial charge in [-0.25, -0.2) is 0 Å². The Kier molecular flexibility index (Phi) is 3.33. The SMILES string of the molecule is O=C(CCC1CCCO1)c1ccc2c(c1)NCC2. The highest BCUT2D eigenvalue weighted by atomic mass is 16.5. The zero-order valence-corrected chi connectivity index (χ0v) is 10.6. The van der Waals surface area contributed by atoms with Crippen molar-refractivity contribution in [3.8, 4) is 0 Å². The average Bonchev–Trinajstić information content (AvgIpc) is 3.05. The summed E-state index contributed by atoms with van der Waals surface area (Å²) in [5.74, 6) is 0.238. The van der Waals surface area contributed by atoms with Gasteiger partial charge < -0.3 is 10.1 Å². The van der Waals surface area contributed by atoms with Gasteiger partial charge in [-0.15, -0.1) is 0 Å². The lowest BCUT2D eigenvalue weighted by atomic mass is 10.0. The molecule has 2 heterocycles. The van der Waals surface area contributed by atoms with Gasteiger partial charge in [0.05, 0.1) is 6.10 Å². The number of ketones is 1. The van der Waals surface area contributed by atoms with Gasteiger partial charge in [0.25, 0.3) is 0 Å². The first-order valence-electron chi connectivity index (χ1n) is 6.84. The molecule has 2 aliphatic rings. The summed E-state index contributed by atoms with van der Waals surface area (Å²) in [6, 6.07) is 6.04. The topological polar surface area (TPSA) is 38.3 Å². The first-order chi connectivity index (χ1) is 8.83. The molecule has 1 aromatic carbocycles. The number of carbonyl (C=O) groups is 1. The van der Waals surface area contributed by atoms with E-state index in [0.29, 0.717) is 12.5 Å². The molecule has 0 bridgehead atoms. The van der Waals surface area contributed by atoms with E-state index in [4.69, 9.17) is 4.74 Å². The number of hydrogen-bond acceptors (Lipinski definition) is 3. The molecule has 0 radical (unpaired) electrons. The van der Waals surface area contributed by atoms with Gasteiger partial charge in [0, 0.05) is 30.8 Å². The third-order valence-electron chi connectivity index (χ3n) is 3.86. The summed E-state index contributed by atoms with van der Waals surface area (Å²) in [5.41, 5.74) is 3.30. The molecule has 0 aliphatic carbocycles. The van der Waals surface area contributed by atoms with Crippen LogP contribution in [0.5, 0.6) is 0 Å². The lowest BCUT2D eigenvalue weighted by molar-refractivity contribution is 0.0859. The maximum atomic E-state index is 12.1. The molecule has 1 atom stereocenters. The van der Waals surface area contributed by atoms with E-state index >= 15 is 0 Å². The van der Waals surface area contributed by atoms with E-state index in [-0.39, 0.29) is 5.78 Å². The molecule has 0 spiro atoms. The van der Waals surface area contributed by atoms with Crippen LogP contribution in [0, 0.1) is 0 Å². The number of Topliss-reactive ketones (excluding diaryl/α,β-unsaturated/α-hetero) is 1. The normalized spacial score (nSPS) is 21.7. The van der Waals surface area contributed by atoms with Crippen molar-refractivity contribution in [2.45, 2.75) is 38.2 Å². The van der Waals surface area contributed by atoms with E-state index in [1.807, 2.05) is 12.1 Å². The van der Waals surface area contributed by atoms with Crippen LogP contribution in [-0.4, -0.2) is 25.0 Å². The molecule has 18 heavy (non-hydrogen) atoms. The van der Waals surface area contributed by atoms with Crippen LogP contribution in [-0.2, 0) is 11.2 Å². The Balaban J connectivity index is 1.61. The molecule has 3 heteroatoms. The zero-order valence-electron chi connectivity index (χ0n) is 10.6. The molecule has 1 fully saturated rings. The van der Waals surface area contributed by atoms with E-state index in [2.05, 4.69) is 11.4 Å². The van der Waals surface area contributed by atoms with E-state index in [1.165, 1.54) is 5.56 Å². The fourth-order valence-corrected chi connectivity index (χ4v) is 2.77. The Morgan fingerprint density at radius 1 is 1.44 bits per heavy atom. The summed E-state index contributed by atoms with van der Waals surface area (Å²) in [5, 5.41) is 3.32. The molecule has 0 saturated carbocycles. The summed E-state index contributed by atoms with van der Waals surface area (Å²) in [6.45, 7) is 1.85. The Morgan fingerprint density at radius 2 is 2.39 bits per heavy atom. The Labute approximate surface area is 108 Å². The van der Waals surface area contributed by atoms with Crippen molar-refractivity contribution in [3.05, 3.63) is 29.3 Å². The predicted molar refractivity (Wildman–Crippen MR) is 71.2 cm³/mol. The van der Waals surface area contributed by atoms with Crippen LogP contribution < -0.4 is 5.32 Å². The molecule has 1 N–H and O–H groups in total. The second-order valence-electron chi connectivity index (χ2n) is 5.15. The maximum absolute atomic E-state index is 12.1. The highest BCUT2D eigenvalue weighted by Gasteiger charge is 2.18. The van der Waals surface area contributed by atoms with E-state index in [0.717, 1.165) is 50.1 Å². The minimum Gasteiger partial charge on any atom is -0.384 e. The van der Waals surface area contributed by atoms with Crippen molar-refractivity contribution in [3.63, 3.8) is 0 Å². The lowest BCUT2D eigenvalue weighted by Crippen LogP contribution is -2.09. The minimum atomic E-state index is 0.238. The van der Waals surface area contributed by atoms with Crippen molar-refractivity contribution >= 4 is 11.5 Å². The zero-order chi connectivity index (χ0) is 12.4. The average molecular weight is 245 g/mol. The highest BCUT2D eigenvalue weighted by molar-refractivity contribution is 5.97. The van der Waals surface area contributed by atoms with Crippen LogP contribution >= 0.6 is 0 Å². The fraction of sp³-hybridized carbons (Fsp3) is 0.533. The Hall–Kier alpha value is -1.35. The molecule has 1 saturated heterocycles. The molecular formula is C15H19NO2. The van der Waals surface area contributed by atoms with Crippen LogP contribution in [0.25, 0.3) is 0 Å². The number of ether oxygens (including phenoxy) is 1. The number of nitrogens with one attached hydrogen (secondary N) is 1. The standard InChI is InChI=1S/C15H19NO2/c17-15(6-5-13-2-1-9-18-13)12-4-3-11-7-8-16-14(11)10-12/h3-4,10,13,16H,1-2,5-9H2. The van der Waals surface area contributed by atoms with E-state index < -0.39 is 0 Å². The third-order valence-corrected chi connectivity index (χ3v) is 3.86. The van der Waals surface area contributed by atoms with Gasteiger partial charge >= 0.3 is 0 Å². The Bertz CT molecular complexity index is 450. The molecule has 3 rings (SSSR count). The predicted octanol–water partition coefficient (Wildman–Crippen LogP) is 2.80. The number of anilines is 1. The number of hydrogen-bond donors (Lipinski definition) is 1. The maximum Gasteiger partial charge on any atom is 0.163 e. The smallest absolute Gasteiger partial charge is 0.163 e. The van der Waals surface area contributed by atoms with Gasteiger partial charge in [-0.05, 0) is 37.3 Å². The summed E-state index contributed by atoms with van der Waals surface area (Å²) >= 11 is 0. The lowest BCUT2D eigenvalue weighted by Gasteiger charge is -2.09. The first-order valence-corrected chi connectivity index (χ1v) is 6.84. The number of rotatable bonds is 4. The van der Waals surface area contributed by atoms with Crippen LogP contribution in [0.3, 0.4) is 0 Å². The summed E-state index contributed by atoms with van der Waals surface area (Å²) in [4.78, 5) is 12.1. The van der Waals surface area contributed by atoms with E-state index in [1.54, 1.807) is 0 Å². The monoisotopic (exact) mass is 245 g/mol. The van der Waals surface area contributed by atoms with Crippen molar-refractivity contribution in [1.29, 1.82) is 0 Å². The second kappa shape index (κ2) is 5.11.